The molecule has 1 aliphatic rings. The van der Waals surface area contributed by atoms with E-state index in [0.29, 0.717) is 40.9 Å². The molecule has 28 heavy (non-hydrogen) atoms. The third kappa shape index (κ3) is 2.99. The summed E-state index contributed by atoms with van der Waals surface area (Å²) in [5.74, 6) is -0.356. The van der Waals surface area contributed by atoms with Gasteiger partial charge < -0.3 is 0 Å². The lowest BCUT2D eigenvalue weighted by atomic mass is 9.95. The van der Waals surface area contributed by atoms with E-state index < -0.39 is 11.9 Å². The zero-order valence-electron chi connectivity index (χ0n) is 15.9. The minimum atomic E-state index is -0.623. The summed E-state index contributed by atoms with van der Waals surface area (Å²) >= 11 is 5.95. The van der Waals surface area contributed by atoms with Crippen molar-refractivity contribution in [2.24, 2.45) is 5.92 Å². The van der Waals surface area contributed by atoms with Crippen molar-refractivity contribution in [3.8, 4) is 0 Å². The first-order chi connectivity index (χ1) is 13.4. The Morgan fingerprint density at radius 1 is 1.36 bits per heavy atom. The van der Waals surface area contributed by atoms with Crippen molar-refractivity contribution in [1.29, 1.82) is 0 Å². The highest BCUT2D eigenvalue weighted by atomic mass is 35.5. The number of nitrogens with one attached hydrogen (secondary N) is 1. The van der Waals surface area contributed by atoms with Gasteiger partial charge in [0.2, 0.25) is 0 Å². The maximum atomic E-state index is 14.9. The van der Waals surface area contributed by atoms with Crippen LogP contribution >= 0.6 is 11.6 Å². The minimum Gasteiger partial charge on any atom is -0.292 e. The number of amides is 1. The summed E-state index contributed by atoms with van der Waals surface area (Å²) in [5.41, 5.74) is 2.91. The van der Waals surface area contributed by atoms with Gasteiger partial charge in [0.1, 0.15) is 11.5 Å². The second kappa shape index (κ2) is 7.05. The maximum absolute atomic E-state index is 14.9. The number of carbonyl (C=O) groups excluding carboxylic acids is 1. The Bertz CT molecular complexity index is 1040. The summed E-state index contributed by atoms with van der Waals surface area (Å²) in [6, 6.07) is 3.92. The first-order valence-electron chi connectivity index (χ1n) is 9.28. The number of nitrogens with zero attached hydrogens (tertiary/aromatic N) is 4. The molecule has 0 saturated carbocycles. The fraction of sp³-hybridized carbons (Fsp3) is 0.350. The lowest BCUT2D eigenvalue weighted by Gasteiger charge is -2.25. The molecule has 1 N–H and O–H groups in total. The smallest absolute Gasteiger partial charge is 0.277 e. The lowest BCUT2D eigenvalue weighted by Crippen LogP contribution is -2.29. The first kappa shape index (κ1) is 18.7. The van der Waals surface area contributed by atoms with E-state index in [-0.39, 0.29) is 5.91 Å². The lowest BCUT2D eigenvalue weighted by molar-refractivity contribution is 0.0988. The molecule has 0 spiro atoms. The molecular weight excluding hydrogens is 381 g/mol. The minimum absolute atomic E-state index is 0.243. The number of hydrogen-bond donors (Lipinski definition) is 1. The normalized spacial score (nSPS) is 16.3. The van der Waals surface area contributed by atoms with E-state index in [1.54, 1.807) is 34.1 Å². The quantitative estimate of drug-likeness (QED) is 0.690. The zero-order valence-corrected chi connectivity index (χ0v) is 16.7. The van der Waals surface area contributed by atoms with Crippen LogP contribution in [0.15, 0.2) is 30.6 Å². The standard InChI is InChI=1S/C20H21ClFN5O/c1-4-26-10-13(9-23-26)27-19(14-6-5-12(21)8-15(14)22)17-16(7-11(2)3)24-25-18(17)20(27)28/h5-6,8-11,19H,4,7H2,1-3H3,(H,24,25). The van der Waals surface area contributed by atoms with Crippen molar-refractivity contribution in [1.82, 2.24) is 20.0 Å². The molecule has 0 saturated heterocycles. The Morgan fingerprint density at radius 3 is 2.79 bits per heavy atom. The number of rotatable bonds is 5. The third-order valence-corrected chi connectivity index (χ3v) is 5.16. The number of aromatic nitrogens is 4. The fourth-order valence-corrected chi connectivity index (χ4v) is 3.85. The third-order valence-electron chi connectivity index (χ3n) is 4.93. The summed E-state index contributed by atoms with van der Waals surface area (Å²) in [6.07, 6.45) is 4.11. The van der Waals surface area contributed by atoms with Gasteiger partial charge in [0, 0.05) is 28.9 Å². The molecular formula is C20H21ClFN5O. The molecule has 0 radical (unpaired) electrons. The molecule has 1 atom stereocenters. The molecule has 0 bridgehead atoms. The van der Waals surface area contributed by atoms with Crippen molar-refractivity contribution in [3.05, 3.63) is 63.9 Å². The molecule has 6 nitrogen and oxygen atoms in total. The van der Waals surface area contributed by atoms with Crippen LogP contribution < -0.4 is 4.90 Å². The van der Waals surface area contributed by atoms with Gasteiger partial charge in [-0.15, -0.1) is 0 Å². The van der Waals surface area contributed by atoms with Crippen LogP contribution in [0.2, 0.25) is 5.02 Å². The summed E-state index contributed by atoms with van der Waals surface area (Å²) in [6.45, 7) is 6.80. The molecule has 2 aromatic heterocycles. The number of carbonyl (C=O) groups is 1. The Labute approximate surface area is 167 Å². The molecule has 0 fully saturated rings. The van der Waals surface area contributed by atoms with Gasteiger partial charge in [-0.25, -0.2) is 4.39 Å². The average molecular weight is 402 g/mol. The van der Waals surface area contributed by atoms with Crippen molar-refractivity contribution in [2.45, 2.75) is 39.8 Å². The maximum Gasteiger partial charge on any atom is 0.277 e. The van der Waals surface area contributed by atoms with Gasteiger partial charge in [-0.1, -0.05) is 31.5 Å². The summed E-state index contributed by atoms with van der Waals surface area (Å²) in [4.78, 5) is 14.8. The number of hydrogen-bond acceptors (Lipinski definition) is 3. The number of aromatic amines is 1. The fourth-order valence-electron chi connectivity index (χ4n) is 3.69. The highest BCUT2D eigenvalue weighted by molar-refractivity contribution is 6.30. The summed E-state index contributed by atoms with van der Waals surface area (Å²) in [5, 5.41) is 11.8. The monoisotopic (exact) mass is 401 g/mol. The van der Waals surface area contributed by atoms with Crippen LogP contribution in [0.1, 0.15) is 54.1 Å². The van der Waals surface area contributed by atoms with Crippen LogP contribution in [-0.4, -0.2) is 25.9 Å². The van der Waals surface area contributed by atoms with Gasteiger partial charge in [0.05, 0.1) is 23.6 Å². The highest BCUT2D eigenvalue weighted by Crippen LogP contribution is 2.43. The second-order valence-electron chi connectivity index (χ2n) is 7.35. The van der Waals surface area contributed by atoms with E-state index >= 15 is 0 Å². The predicted molar refractivity (Wildman–Crippen MR) is 105 cm³/mol. The molecule has 8 heteroatoms. The molecule has 1 aliphatic heterocycles. The van der Waals surface area contributed by atoms with Crippen LogP contribution in [0.3, 0.4) is 0 Å². The van der Waals surface area contributed by atoms with Crippen LogP contribution in [0.25, 0.3) is 0 Å². The number of aryl methyl sites for hydroxylation is 1. The molecule has 3 aromatic rings. The number of fused-ring (bicyclic) bond motifs is 1. The molecule has 1 aromatic carbocycles. The second-order valence-corrected chi connectivity index (χ2v) is 7.79. The number of benzene rings is 1. The Kier molecular flexibility index (Phi) is 4.71. The van der Waals surface area contributed by atoms with E-state index in [4.69, 9.17) is 11.6 Å². The molecule has 1 unspecified atom stereocenters. The van der Waals surface area contributed by atoms with E-state index in [2.05, 4.69) is 29.1 Å². The average Bonchev–Trinajstić information content (AvgIpc) is 3.32. The van der Waals surface area contributed by atoms with E-state index in [1.165, 1.54) is 6.07 Å². The Morgan fingerprint density at radius 2 is 2.14 bits per heavy atom. The van der Waals surface area contributed by atoms with E-state index in [9.17, 15) is 9.18 Å². The molecule has 3 heterocycles. The first-order valence-corrected chi connectivity index (χ1v) is 9.66. The van der Waals surface area contributed by atoms with Crippen LogP contribution in [0.5, 0.6) is 0 Å². The number of anilines is 1. The van der Waals surface area contributed by atoms with Gasteiger partial charge in [-0.2, -0.15) is 10.2 Å². The summed E-state index contributed by atoms with van der Waals surface area (Å²) in [7, 11) is 0. The Balaban J connectivity index is 1.90. The van der Waals surface area contributed by atoms with Gasteiger partial charge >= 0.3 is 0 Å². The van der Waals surface area contributed by atoms with Crippen molar-refractivity contribution in [2.75, 3.05) is 4.90 Å². The van der Waals surface area contributed by atoms with Gasteiger partial charge in [0.15, 0.2) is 0 Å². The largest absolute Gasteiger partial charge is 0.292 e. The van der Waals surface area contributed by atoms with Crippen molar-refractivity contribution >= 4 is 23.2 Å². The van der Waals surface area contributed by atoms with Gasteiger partial charge in [-0.05, 0) is 31.4 Å². The van der Waals surface area contributed by atoms with Gasteiger partial charge in [-0.3, -0.25) is 19.5 Å². The number of H-pyrrole nitrogens is 1. The Hall–Kier alpha value is -2.67. The summed E-state index contributed by atoms with van der Waals surface area (Å²) < 4.78 is 16.6. The van der Waals surface area contributed by atoms with Crippen molar-refractivity contribution in [3.63, 3.8) is 0 Å². The van der Waals surface area contributed by atoms with Crippen LogP contribution in [0, 0.1) is 11.7 Å². The zero-order chi connectivity index (χ0) is 20.0. The molecule has 146 valence electrons. The van der Waals surface area contributed by atoms with Crippen LogP contribution in [-0.2, 0) is 13.0 Å². The number of halogens is 2. The SMILES string of the molecule is CCn1cc(N2C(=O)c3[nH]nc(CC(C)C)c3C2c2ccc(Cl)cc2F)cn1. The highest BCUT2D eigenvalue weighted by Gasteiger charge is 2.44. The molecule has 0 aliphatic carbocycles. The van der Waals surface area contributed by atoms with Gasteiger partial charge in [0.25, 0.3) is 5.91 Å². The van der Waals surface area contributed by atoms with Crippen LogP contribution in [0.4, 0.5) is 10.1 Å². The predicted octanol–water partition coefficient (Wildman–Crippen LogP) is 4.37. The van der Waals surface area contributed by atoms with E-state index in [0.717, 1.165) is 11.3 Å². The topological polar surface area (TPSA) is 66.8 Å². The molecule has 1 amide bonds. The van der Waals surface area contributed by atoms with Crippen molar-refractivity contribution < 1.29 is 9.18 Å². The molecule has 4 rings (SSSR count). The van der Waals surface area contributed by atoms with E-state index in [1.807, 2.05) is 6.92 Å².